The lowest BCUT2D eigenvalue weighted by Gasteiger charge is -2.27. The highest BCUT2D eigenvalue weighted by atomic mass is 32.2. The third-order valence-corrected chi connectivity index (χ3v) is 4.32. The molecule has 1 fully saturated rings. The van der Waals surface area contributed by atoms with E-state index in [0.717, 1.165) is 0 Å². The van der Waals surface area contributed by atoms with Crippen LogP contribution in [0.25, 0.3) is 0 Å². The minimum atomic E-state index is -1.03. The molecule has 0 bridgehead atoms. The maximum Gasteiger partial charge on any atom is 0.303 e. The first-order valence-corrected chi connectivity index (χ1v) is 9.12. The lowest BCUT2D eigenvalue weighted by Crippen LogP contribution is -2.46. The van der Waals surface area contributed by atoms with Crippen LogP contribution < -0.4 is 0 Å². The summed E-state index contributed by atoms with van der Waals surface area (Å²) in [5, 5.41) is 0. The fourth-order valence-corrected chi connectivity index (χ4v) is 3.43. The van der Waals surface area contributed by atoms with E-state index in [4.69, 9.17) is 23.7 Å². The molecule has 9 nitrogen and oxygen atoms in total. The van der Waals surface area contributed by atoms with Crippen molar-refractivity contribution in [3.63, 3.8) is 0 Å². The number of rotatable bonds is 8. The van der Waals surface area contributed by atoms with Crippen LogP contribution in [0.3, 0.4) is 0 Å². The van der Waals surface area contributed by atoms with E-state index in [2.05, 4.69) is 0 Å². The van der Waals surface area contributed by atoms with E-state index < -0.39 is 53.7 Å². The van der Waals surface area contributed by atoms with Gasteiger partial charge in [0.25, 0.3) is 0 Å². The molecule has 5 atom stereocenters. The number of hydrogen-bond donors (Lipinski definition) is 0. The summed E-state index contributed by atoms with van der Waals surface area (Å²) in [4.78, 5) is 45.6. The standard InChI is InChI=1S/C16H24O9S/c1-6-26-16-15(24-11(5)20)14(23-10(4)19)13(25-16)12(22-9(3)18)7-21-8(2)17/h12-16H,6-7H2,1-5H3/t12-,13+,14+,15-,16-/m1/s1. The Morgan fingerprint density at radius 2 is 1.50 bits per heavy atom. The minimum absolute atomic E-state index is 0.284. The highest BCUT2D eigenvalue weighted by molar-refractivity contribution is 7.99. The molecule has 1 aliphatic heterocycles. The second-order valence-electron chi connectivity index (χ2n) is 5.52. The molecule has 1 rings (SSSR count). The summed E-state index contributed by atoms with van der Waals surface area (Å²) in [6.45, 7) is 6.44. The molecule has 1 aliphatic rings. The summed E-state index contributed by atoms with van der Waals surface area (Å²) < 4.78 is 26.6. The summed E-state index contributed by atoms with van der Waals surface area (Å²) in [6, 6.07) is 0. The zero-order valence-electron chi connectivity index (χ0n) is 15.4. The zero-order valence-corrected chi connectivity index (χ0v) is 16.2. The Labute approximate surface area is 156 Å². The normalized spacial score (nSPS) is 25.9. The number of esters is 4. The van der Waals surface area contributed by atoms with Gasteiger partial charge in [0.05, 0.1) is 0 Å². The van der Waals surface area contributed by atoms with Crippen molar-refractivity contribution in [2.45, 2.75) is 64.5 Å². The van der Waals surface area contributed by atoms with E-state index in [1.165, 1.54) is 39.5 Å². The zero-order chi connectivity index (χ0) is 19.9. The Morgan fingerprint density at radius 3 is 1.96 bits per heavy atom. The number of thioether (sulfide) groups is 1. The molecule has 1 heterocycles. The highest BCUT2D eigenvalue weighted by Gasteiger charge is 2.53. The first-order valence-electron chi connectivity index (χ1n) is 8.07. The lowest BCUT2D eigenvalue weighted by molar-refractivity contribution is -0.176. The van der Waals surface area contributed by atoms with Crippen molar-refractivity contribution in [3.8, 4) is 0 Å². The van der Waals surface area contributed by atoms with Gasteiger partial charge < -0.3 is 23.7 Å². The van der Waals surface area contributed by atoms with Gasteiger partial charge in [0.2, 0.25) is 0 Å². The summed E-state index contributed by atoms with van der Waals surface area (Å²) in [7, 11) is 0. The molecule has 0 aromatic rings. The molecule has 0 aromatic carbocycles. The molecule has 0 aliphatic carbocycles. The van der Waals surface area contributed by atoms with Gasteiger partial charge >= 0.3 is 23.9 Å². The van der Waals surface area contributed by atoms with Crippen molar-refractivity contribution < 1.29 is 42.9 Å². The molecule has 0 saturated carbocycles. The Bertz CT molecular complexity index is 536. The molecule has 0 amide bonds. The minimum Gasteiger partial charge on any atom is -0.462 e. The average Bonchev–Trinajstić information content (AvgIpc) is 2.80. The molecule has 10 heteroatoms. The number of hydrogen-bond acceptors (Lipinski definition) is 10. The van der Waals surface area contributed by atoms with Crippen LogP contribution in [0.2, 0.25) is 0 Å². The Hall–Kier alpha value is -1.81. The van der Waals surface area contributed by atoms with E-state index in [1.807, 2.05) is 6.92 Å². The summed E-state index contributed by atoms with van der Waals surface area (Å²) in [6.07, 6.45) is -3.89. The Morgan fingerprint density at radius 1 is 0.923 bits per heavy atom. The summed E-state index contributed by atoms with van der Waals surface area (Å²) >= 11 is 1.35. The van der Waals surface area contributed by atoms with Gasteiger partial charge in [-0.1, -0.05) is 6.92 Å². The van der Waals surface area contributed by atoms with Crippen molar-refractivity contribution in [1.29, 1.82) is 0 Å². The summed E-state index contributed by atoms with van der Waals surface area (Å²) in [5.74, 6) is -1.73. The number of carbonyl (C=O) groups is 4. The van der Waals surface area contributed by atoms with Crippen molar-refractivity contribution in [2.24, 2.45) is 0 Å². The predicted molar refractivity (Wildman–Crippen MR) is 90.1 cm³/mol. The van der Waals surface area contributed by atoms with Crippen LogP contribution in [-0.4, -0.2) is 66.1 Å². The van der Waals surface area contributed by atoms with Crippen molar-refractivity contribution in [2.75, 3.05) is 12.4 Å². The van der Waals surface area contributed by atoms with Gasteiger partial charge in [-0.15, -0.1) is 11.8 Å². The molecule has 148 valence electrons. The predicted octanol–water partition coefficient (Wildman–Crippen LogP) is 0.823. The second-order valence-corrected chi connectivity index (χ2v) is 6.90. The smallest absolute Gasteiger partial charge is 0.303 e. The molecule has 0 radical (unpaired) electrons. The average molecular weight is 392 g/mol. The first kappa shape index (κ1) is 22.2. The molecular formula is C16H24O9S. The maximum atomic E-state index is 11.5. The van der Waals surface area contributed by atoms with Crippen LogP contribution in [0.15, 0.2) is 0 Å². The van der Waals surface area contributed by atoms with E-state index in [9.17, 15) is 19.2 Å². The monoisotopic (exact) mass is 392 g/mol. The fraction of sp³-hybridized carbons (Fsp3) is 0.750. The van der Waals surface area contributed by atoms with E-state index >= 15 is 0 Å². The van der Waals surface area contributed by atoms with Gasteiger partial charge in [-0.05, 0) is 5.75 Å². The van der Waals surface area contributed by atoms with Gasteiger partial charge in [-0.25, -0.2) is 0 Å². The highest BCUT2D eigenvalue weighted by Crippen LogP contribution is 2.35. The number of ether oxygens (including phenoxy) is 5. The molecule has 0 aromatic heterocycles. The van der Waals surface area contributed by atoms with Crippen LogP contribution in [0.1, 0.15) is 34.6 Å². The van der Waals surface area contributed by atoms with Gasteiger partial charge in [-0.2, -0.15) is 0 Å². The maximum absolute atomic E-state index is 11.5. The van der Waals surface area contributed by atoms with Gasteiger partial charge in [0, 0.05) is 27.7 Å². The third-order valence-electron chi connectivity index (χ3n) is 3.28. The van der Waals surface area contributed by atoms with Gasteiger partial charge in [0.1, 0.15) is 18.1 Å². The molecule has 26 heavy (non-hydrogen) atoms. The lowest BCUT2D eigenvalue weighted by atomic mass is 10.1. The van der Waals surface area contributed by atoms with Gasteiger partial charge in [-0.3, -0.25) is 19.2 Å². The summed E-state index contributed by atoms with van der Waals surface area (Å²) in [5.41, 5.74) is -0.631. The SMILES string of the molecule is CCS[C@H]1O[C@@H]([C@@H](COC(C)=O)OC(C)=O)[C@H](OC(C)=O)[C@H]1OC(C)=O. The van der Waals surface area contributed by atoms with E-state index in [0.29, 0.717) is 5.75 Å². The van der Waals surface area contributed by atoms with E-state index in [1.54, 1.807) is 0 Å². The molecular weight excluding hydrogens is 368 g/mol. The molecule has 0 N–H and O–H groups in total. The Kier molecular flexibility index (Phi) is 8.86. The molecule has 0 spiro atoms. The fourth-order valence-electron chi connectivity index (χ4n) is 2.50. The Balaban J connectivity index is 3.13. The van der Waals surface area contributed by atoms with Crippen LogP contribution >= 0.6 is 11.8 Å². The second kappa shape index (κ2) is 10.4. The van der Waals surface area contributed by atoms with Crippen molar-refractivity contribution in [3.05, 3.63) is 0 Å². The van der Waals surface area contributed by atoms with Crippen LogP contribution in [-0.2, 0) is 42.9 Å². The quantitative estimate of drug-likeness (QED) is 0.434. The van der Waals surface area contributed by atoms with Crippen molar-refractivity contribution in [1.82, 2.24) is 0 Å². The van der Waals surface area contributed by atoms with Crippen molar-refractivity contribution >= 4 is 35.6 Å². The molecule has 0 unspecified atom stereocenters. The molecule has 1 saturated heterocycles. The topological polar surface area (TPSA) is 114 Å². The van der Waals surface area contributed by atoms with Gasteiger partial charge in [0.15, 0.2) is 18.3 Å². The van der Waals surface area contributed by atoms with Crippen LogP contribution in [0.4, 0.5) is 0 Å². The van der Waals surface area contributed by atoms with E-state index in [-0.39, 0.29) is 6.61 Å². The van der Waals surface area contributed by atoms with Crippen LogP contribution in [0.5, 0.6) is 0 Å². The third kappa shape index (κ3) is 6.83. The van der Waals surface area contributed by atoms with Crippen LogP contribution in [0, 0.1) is 0 Å². The first-order chi connectivity index (χ1) is 12.1. The largest absolute Gasteiger partial charge is 0.462 e. The number of carbonyl (C=O) groups excluding carboxylic acids is 4.